The molecule has 1 aliphatic heterocycles. The molecule has 4 aromatic rings. The summed E-state index contributed by atoms with van der Waals surface area (Å²) < 4.78 is 10.6. The van der Waals surface area contributed by atoms with Gasteiger partial charge in [0, 0.05) is 12.0 Å². The third kappa shape index (κ3) is 4.59. The molecule has 34 heavy (non-hydrogen) atoms. The van der Waals surface area contributed by atoms with Crippen LogP contribution < -0.4 is 4.90 Å². The van der Waals surface area contributed by atoms with Crippen molar-refractivity contribution < 1.29 is 18.8 Å². The zero-order chi connectivity index (χ0) is 23.3. The fourth-order valence-corrected chi connectivity index (χ4v) is 4.10. The molecule has 0 unspecified atom stereocenters. The molecule has 0 N–H and O–H groups in total. The number of anilines is 2. The molecule has 1 aromatic heterocycles. The van der Waals surface area contributed by atoms with Crippen LogP contribution in [0.4, 0.5) is 11.4 Å². The Morgan fingerprint density at radius 3 is 2.15 bits per heavy atom. The summed E-state index contributed by atoms with van der Waals surface area (Å²) >= 11 is 0. The Hall–Kier alpha value is -4.26. The molecule has 1 aliphatic rings. The van der Waals surface area contributed by atoms with E-state index < -0.39 is 5.97 Å². The molecule has 0 bridgehead atoms. The lowest BCUT2D eigenvalue weighted by atomic mass is 10.0. The van der Waals surface area contributed by atoms with E-state index in [0.717, 1.165) is 40.9 Å². The molecule has 0 radical (unpaired) electrons. The first-order valence-corrected chi connectivity index (χ1v) is 11.2. The van der Waals surface area contributed by atoms with Crippen LogP contribution >= 0.6 is 0 Å². The lowest BCUT2D eigenvalue weighted by Gasteiger charge is -2.24. The van der Waals surface area contributed by atoms with E-state index in [9.17, 15) is 9.59 Å². The lowest BCUT2D eigenvalue weighted by Crippen LogP contribution is -2.31. The third-order valence-corrected chi connectivity index (χ3v) is 5.78. The minimum Gasteiger partial charge on any atom is -0.456 e. The van der Waals surface area contributed by atoms with Crippen LogP contribution in [0.25, 0.3) is 11.4 Å². The predicted molar refractivity (Wildman–Crippen MR) is 126 cm³/mol. The number of carbonyl (C=O) groups excluding carboxylic acids is 2. The van der Waals surface area contributed by atoms with Crippen molar-refractivity contribution in [1.29, 1.82) is 0 Å². The minimum absolute atomic E-state index is 0.0386. The summed E-state index contributed by atoms with van der Waals surface area (Å²) in [7, 11) is 0. The highest BCUT2D eigenvalue weighted by Crippen LogP contribution is 2.36. The van der Waals surface area contributed by atoms with E-state index in [-0.39, 0.29) is 25.4 Å². The van der Waals surface area contributed by atoms with Crippen LogP contribution in [0.2, 0.25) is 0 Å². The van der Waals surface area contributed by atoms with Gasteiger partial charge >= 0.3 is 5.97 Å². The number of aryl methyl sites for hydroxylation is 3. The van der Waals surface area contributed by atoms with Gasteiger partial charge in [0.25, 0.3) is 5.91 Å². The maximum absolute atomic E-state index is 13.2. The van der Waals surface area contributed by atoms with E-state index in [4.69, 9.17) is 9.26 Å². The Kier molecular flexibility index (Phi) is 6.16. The Balaban J connectivity index is 1.23. The number of esters is 1. The molecule has 7 heteroatoms. The van der Waals surface area contributed by atoms with E-state index in [1.807, 2.05) is 78.9 Å². The van der Waals surface area contributed by atoms with Crippen molar-refractivity contribution in [1.82, 2.24) is 10.1 Å². The number of hydrogen-bond donors (Lipinski definition) is 0. The van der Waals surface area contributed by atoms with E-state index in [0.29, 0.717) is 11.7 Å². The van der Waals surface area contributed by atoms with E-state index in [1.54, 1.807) is 4.90 Å². The van der Waals surface area contributed by atoms with Crippen molar-refractivity contribution in [2.75, 3.05) is 11.5 Å². The first-order valence-electron chi connectivity index (χ1n) is 11.2. The van der Waals surface area contributed by atoms with E-state index >= 15 is 0 Å². The fourth-order valence-electron chi connectivity index (χ4n) is 4.10. The normalized spacial score (nSPS) is 12.4. The third-order valence-electron chi connectivity index (χ3n) is 5.78. The van der Waals surface area contributed by atoms with Gasteiger partial charge in [-0.1, -0.05) is 71.9 Å². The van der Waals surface area contributed by atoms with Crippen molar-refractivity contribution in [3.63, 3.8) is 0 Å². The number of carbonyl (C=O) groups is 2. The highest BCUT2D eigenvalue weighted by molar-refractivity contribution is 6.03. The summed E-state index contributed by atoms with van der Waals surface area (Å²) in [6, 6.07) is 25.1. The summed E-state index contributed by atoms with van der Waals surface area (Å²) in [5.41, 5.74) is 4.66. The minimum atomic E-state index is -0.496. The van der Waals surface area contributed by atoms with Crippen molar-refractivity contribution in [3.8, 4) is 11.4 Å². The summed E-state index contributed by atoms with van der Waals surface area (Å²) in [6.07, 6.45) is 1.96. The zero-order valence-electron chi connectivity index (χ0n) is 18.5. The molecule has 0 aliphatic carbocycles. The number of ether oxygens (including phenoxy) is 1. The highest BCUT2D eigenvalue weighted by Gasteiger charge is 2.26. The predicted octanol–water partition coefficient (Wildman–Crippen LogP) is 4.68. The van der Waals surface area contributed by atoms with Crippen molar-refractivity contribution in [3.05, 3.63) is 95.9 Å². The number of nitrogens with zero attached hydrogens (tertiary/aromatic N) is 3. The molecule has 1 amide bonds. The van der Waals surface area contributed by atoms with Crippen LogP contribution in [-0.4, -0.2) is 28.6 Å². The SMILES string of the molecule is O=C(CCc1nc(-c2ccccc2)no1)OCC(=O)N1c2ccccc2CCc2ccccc21. The van der Waals surface area contributed by atoms with Crippen molar-refractivity contribution >= 4 is 23.3 Å². The second-order valence-corrected chi connectivity index (χ2v) is 8.03. The van der Waals surface area contributed by atoms with Gasteiger partial charge in [0.05, 0.1) is 17.8 Å². The maximum atomic E-state index is 13.2. The van der Waals surface area contributed by atoms with Gasteiger partial charge in [-0.25, -0.2) is 0 Å². The molecule has 0 saturated heterocycles. The lowest BCUT2D eigenvalue weighted by molar-refractivity contribution is -0.147. The van der Waals surface area contributed by atoms with Gasteiger partial charge in [0.1, 0.15) is 0 Å². The maximum Gasteiger partial charge on any atom is 0.306 e. The molecule has 5 rings (SSSR count). The first kappa shape index (κ1) is 21.6. The van der Waals surface area contributed by atoms with Crippen LogP contribution in [0.3, 0.4) is 0 Å². The van der Waals surface area contributed by atoms with Gasteiger partial charge < -0.3 is 9.26 Å². The molecule has 2 heterocycles. The Bertz CT molecular complexity index is 1270. The average molecular weight is 453 g/mol. The van der Waals surface area contributed by atoms with Crippen LogP contribution in [0.15, 0.2) is 83.4 Å². The van der Waals surface area contributed by atoms with Crippen molar-refractivity contribution in [2.45, 2.75) is 25.7 Å². The molecule has 0 spiro atoms. The van der Waals surface area contributed by atoms with Crippen LogP contribution in [0.1, 0.15) is 23.4 Å². The Labute approximate surface area is 197 Å². The van der Waals surface area contributed by atoms with E-state index in [2.05, 4.69) is 10.1 Å². The molecule has 170 valence electrons. The topological polar surface area (TPSA) is 85.5 Å². The molecule has 0 fully saturated rings. The van der Waals surface area contributed by atoms with Gasteiger partial charge in [-0.2, -0.15) is 4.98 Å². The smallest absolute Gasteiger partial charge is 0.306 e. The average Bonchev–Trinajstić information content (AvgIpc) is 3.29. The van der Waals surface area contributed by atoms with E-state index in [1.165, 1.54) is 0 Å². The summed E-state index contributed by atoms with van der Waals surface area (Å²) in [6.45, 7) is -0.347. The molecular formula is C27H23N3O4. The summed E-state index contributed by atoms with van der Waals surface area (Å²) in [4.78, 5) is 31.6. The number of para-hydroxylation sites is 2. The number of amides is 1. The van der Waals surface area contributed by atoms with Gasteiger partial charge in [-0.3, -0.25) is 14.5 Å². The van der Waals surface area contributed by atoms with Crippen LogP contribution in [-0.2, 0) is 33.6 Å². The number of aromatic nitrogens is 2. The van der Waals surface area contributed by atoms with Gasteiger partial charge in [0.15, 0.2) is 6.61 Å². The molecule has 3 aromatic carbocycles. The molecule has 7 nitrogen and oxygen atoms in total. The highest BCUT2D eigenvalue weighted by atomic mass is 16.5. The quantitative estimate of drug-likeness (QED) is 0.394. The summed E-state index contributed by atoms with van der Waals surface area (Å²) in [5, 5.41) is 3.95. The molecular weight excluding hydrogens is 430 g/mol. The number of hydrogen-bond acceptors (Lipinski definition) is 6. The number of rotatable bonds is 6. The fraction of sp³-hybridized carbons (Fsp3) is 0.185. The Morgan fingerprint density at radius 1 is 0.853 bits per heavy atom. The number of benzene rings is 3. The number of fused-ring (bicyclic) bond motifs is 2. The van der Waals surface area contributed by atoms with Gasteiger partial charge in [0.2, 0.25) is 11.7 Å². The summed E-state index contributed by atoms with van der Waals surface area (Å²) in [5.74, 6) is 0.0265. The van der Waals surface area contributed by atoms with Gasteiger partial charge in [-0.15, -0.1) is 0 Å². The largest absolute Gasteiger partial charge is 0.456 e. The second kappa shape index (κ2) is 9.70. The second-order valence-electron chi connectivity index (χ2n) is 8.03. The van der Waals surface area contributed by atoms with Gasteiger partial charge in [-0.05, 0) is 36.1 Å². The van der Waals surface area contributed by atoms with Crippen molar-refractivity contribution in [2.24, 2.45) is 0 Å². The molecule has 0 atom stereocenters. The Morgan fingerprint density at radius 2 is 1.47 bits per heavy atom. The zero-order valence-corrected chi connectivity index (χ0v) is 18.5. The standard InChI is InChI=1S/C27H23N3O4/c31-25(30-22-12-6-4-8-19(22)14-15-20-9-5-7-13-23(20)30)18-33-26(32)17-16-24-28-27(29-34-24)21-10-2-1-3-11-21/h1-13H,14-18H2. The van der Waals surface area contributed by atoms with Crippen LogP contribution in [0.5, 0.6) is 0 Å². The first-order chi connectivity index (χ1) is 16.7. The van der Waals surface area contributed by atoms with Crippen LogP contribution in [0, 0.1) is 0 Å². The monoisotopic (exact) mass is 453 g/mol. The molecule has 0 saturated carbocycles.